The monoisotopic (exact) mass is 156 g/mol. The Hall–Kier alpha value is 0.190. The van der Waals surface area contributed by atoms with Gasteiger partial charge in [0.15, 0.2) is 0 Å². The molecule has 0 saturated heterocycles. The molecule has 0 aliphatic rings. The Kier molecular flexibility index (Phi) is 5.40. The molecule has 0 aromatic rings. The van der Waals surface area contributed by atoms with Crippen LogP contribution in [0.25, 0.3) is 0 Å². The third kappa shape index (κ3) is 4.68. The molecule has 0 rings (SSSR count). The maximum absolute atomic E-state index is 10.7. The number of carbonyl (C=O) groups excluding carboxylic acids is 1. The van der Waals surface area contributed by atoms with E-state index >= 15 is 0 Å². The molecule has 0 aromatic heterocycles. The molecular formula is C2HF4NaO2. The summed E-state index contributed by atoms with van der Waals surface area (Å²) in [7, 11) is 0. The fourth-order valence-corrected chi connectivity index (χ4v) is 0.0437. The van der Waals surface area contributed by atoms with Crippen LogP contribution in [0.3, 0.4) is 0 Å². The molecule has 0 radical (unpaired) electrons. The second-order valence-corrected chi connectivity index (χ2v) is 0.862. The fourth-order valence-electron chi connectivity index (χ4n) is 0.0437. The second kappa shape index (κ2) is 4.08. The van der Waals surface area contributed by atoms with Crippen LogP contribution in [-0.2, 0) is 9.74 Å². The van der Waals surface area contributed by atoms with E-state index in [4.69, 9.17) is 4.79 Å². The molecule has 0 N–H and O–H groups in total. The van der Waals surface area contributed by atoms with E-state index in [9.17, 15) is 17.7 Å². The summed E-state index contributed by atoms with van der Waals surface area (Å²) in [6.07, 6.45) is -5.23. The van der Waals surface area contributed by atoms with Crippen molar-refractivity contribution in [3.8, 4) is 0 Å². The van der Waals surface area contributed by atoms with Gasteiger partial charge < -0.3 is 0 Å². The van der Waals surface area contributed by atoms with Crippen molar-refractivity contribution in [3.05, 3.63) is 0 Å². The van der Waals surface area contributed by atoms with E-state index in [2.05, 4.69) is 0 Å². The van der Waals surface area contributed by atoms with Crippen molar-refractivity contribution >= 4 is 35.5 Å². The van der Waals surface area contributed by atoms with Crippen molar-refractivity contribution in [2.24, 2.45) is 0 Å². The summed E-state index contributed by atoms with van der Waals surface area (Å²) in [5, 5.41) is 0. The van der Waals surface area contributed by atoms with Gasteiger partial charge in [-0.2, -0.15) is 13.2 Å². The van der Waals surface area contributed by atoms with Crippen LogP contribution in [0.15, 0.2) is 0 Å². The predicted molar refractivity (Wildman–Crippen MR) is 20.4 cm³/mol. The number of hydrogen-bond donors (Lipinski definition) is 0. The van der Waals surface area contributed by atoms with E-state index in [1.807, 2.05) is 4.94 Å². The zero-order chi connectivity index (χ0) is 6.78. The van der Waals surface area contributed by atoms with Gasteiger partial charge in [0.1, 0.15) is 0 Å². The van der Waals surface area contributed by atoms with Gasteiger partial charge in [0, 0.05) is 4.53 Å². The van der Waals surface area contributed by atoms with Gasteiger partial charge in [-0.25, -0.2) is 9.74 Å². The number of hydrogen-bond acceptors (Lipinski definition) is 2. The summed E-state index contributed by atoms with van der Waals surface area (Å²) in [5.41, 5.74) is 0. The summed E-state index contributed by atoms with van der Waals surface area (Å²) >= 11 is 0. The number of alkyl halides is 3. The Bertz CT molecular complexity index is 99.2. The van der Waals surface area contributed by atoms with Gasteiger partial charge in [0.05, 0.1) is 0 Å². The zero-order valence-electron chi connectivity index (χ0n) is 3.33. The molecule has 50 valence electrons. The van der Waals surface area contributed by atoms with Crippen LogP contribution in [0.1, 0.15) is 0 Å². The first-order chi connectivity index (χ1) is 3.48. The molecule has 0 unspecified atom stereocenters. The molecule has 0 saturated carbocycles. The molecule has 2 nitrogen and oxygen atoms in total. The third-order valence-corrected chi connectivity index (χ3v) is 0.302. The number of carbonyl (C=O) groups is 1. The quantitative estimate of drug-likeness (QED) is 0.373. The van der Waals surface area contributed by atoms with Crippen LogP contribution < -0.4 is 0 Å². The second-order valence-electron chi connectivity index (χ2n) is 0.862. The molecule has 0 aliphatic carbocycles. The van der Waals surface area contributed by atoms with E-state index in [0.717, 1.165) is 0 Å². The normalized spacial score (nSPS) is 9.78. The van der Waals surface area contributed by atoms with Crippen LogP contribution in [0.4, 0.5) is 17.7 Å². The molecule has 0 heterocycles. The molecule has 7 heteroatoms. The summed E-state index contributed by atoms with van der Waals surface area (Å²) in [4.78, 5) is 11.0. The summed E-state index contributed by atoms with van der Waals surface area (Å²) < 4.78 is 42.5. The van der Waals surface area contributed by atoms with Gasteiger partial charge in [0.25, 0.3) is 0 Å². The van der Waals surface area contributed by atoms with Crippen LogP contribution in [-0.4, -0.2) is 41.7 Å². The first-order valence-electron chi connectivity index (χ1n) is 1.38. The average Bonchev–Trinajstić information content (AvgIpc) is 1.62. The summed E-state index contributed by atoms with van der Waals surface area (Å²) in [6, 6.07) is 0. The van der Waals surface area contributed by atoms with E-state index in [1.165, 1.54) is 0 Å². The SMILES string of the molecule is O=C(OF)C(F)(F)F.[NaH]. The fraction of sp³-hybridized carbons (Fsp3) is 0.500. The Morgan fingerprint density at radius 3 is 1.67 bits per heavy atom. The van der Waals surface area contributed by atoms with Crippen molar-refractivity contribution in [3.63, 3.8) is 0 Å². The van der Waals surface area contributed by atoms with Crippen LogP contribution in [0.2, 0.25) is 0 Å². The zero-order valence-corrected chi connectivity index (χ0v) is 3.33. The van der Waals surface area contributed by atoms with E-state index < -0.39 is 12.1 Å². The van der Waals surface area contributed by atoms with Gasteiger partial charge in [-0.05, 0) is 0 Å². The Morgan fingerprint density at radius 1 is 1.33 bits per heavy atom. The Labute approximate surface area is 69.4 Å². The van der Waals surface area contributed by atoms with E-state index in [1.54, 1.807) is 0 Å². The molecule has 0 fully saturated rings. The molecular weight excluding hydrogens is 155 g/mol. The molecule has 0 aromatic carbocycles. The summed E-state index contributed by atoms with van der Waals surface area (Å²) in [6.45, 7) is 0. The molecule has 9 heavy (non-hydrogen) atoms. The first-order valence-corrected chi connectivity index (χ1v) is 1.38. The topological polar surface area (TPSA) is 26.3 Å². The third-order valence-electron chi connectivity index (χ3n) is 0.302. The molecule has 0 spiro atoms. The predicted octanol–water partition coefficient (Wildman–Crippen LogP) is 0.328. The van der Waals surface area contributed by atoms with Crippen molar-refractivity contribution in [1.82, 2.24) is 0 Å². The minimum atomic E-state index is -5.23. The Morgan fingerprint density at radius 2 is 1.67 bits per heavy atom. The van der Waals surface area contributed by atoms with Crippen molar-refractivity contribution in [2.45, 2.75) is 6.18 Å². The first kappa shape index (κ1) is 11.9. The van der Waals surface area contributed by atoms with E-state index in [-0.39, 0.29) is 29.6 Å². The minimum absolute atomic E-state index is 0. The van der Waals surface area contributed by atoms with E-state index in [0.29, 0.717) is 0 Å². The molecule has 0 aliphatic heterocycles. The van der Waals surface area contributed by atoms with Crippen LogP contribution >= 0.6 is 0 Å². The molecule has 0 atom stereocenters. The number of halogens is 4. The van der Waals surface area contributed by atoms with Gasteiger partial charge in [0.2, 0.25) is 0 Å². The van der Waals surface area contributed by atoms with Crippen LogP contribution in [0.5, 0.6) is 0 Å². The van der Waals surface area contributed by atoms with Gasteiger partial charge in [-0.3, -0.25) is 0 Å². The molecule has 0 amide bonds. The van der Waals surface area contributed by atoms with Gasteiger partial charge >= 0.3 is 41.7 Å². The number of rotatable bonds is 0. The van der Waals surface area contributed by atoms with Crippen LogP contribution in [0, 0.1) is 0 Å². The standard InChI is InChI=1S/C2F4O2.Na.H/c3-2(4,5)1(7)8-6;;. The Balaban J connectivity index is 0. The maximum atomic E-state index is 10.7. The molecule has 0 bridgehead atoms. The average molecular weight is 156 g/mol. The van der Waals surface area contributed by atoms with Crippen molar-refractivity contribution < 1.29 is 27.4 Å². The van der Waals surface area contributed by atoms with Crippen molar-refractivity contribution in [2.75, 3.05) is 0 Å². The van der Waals surface area contributed by atoms with Gasteiger partial charge in [-0.1, -0.05) is 0 Å². The van der Waals surface area contributed by atoms with Crippen molar-refractivity contribution in [1.29, 1.82) is 0 Å². The van der Waals surface area contributed by atoms with Gasteiger partial charge in [-0.15, -0.1) is 0 Å². The summed E-state index contributed by atoms with van der Waals surface area (Å²) in [5.74, 6) is -2.84.